The van der Waals surface area contributed by atoms with E-state index in [4.69, 9.17) is 9.47 Å². The van der Waals surface area contributed by atoms with E-state index in [2.05, 4.69) is 19.2 Å². The number of rotatable bonds is 6. The van der Waals surface area contributed by atoms with Crippen molar-refractivity contribution in [3.63, 3.8) is 0 Å². The summed E-state index contributed by atoms with van der Waals surface area (Å²) in [7, 11) is 1.46. The fraction of sp³-hybridized carbons (Fsp3) is 0.941. The SMILES string of the molecule is COC(=O)C(CC(C)C)NCC1CCC2(CCCCC2)O1. The average molecular weight is 297 g/mol. The number of ether oxygens (including phenoxy) is 2. The first-order valence-corrected chi connectivity index (χ1v) is 8.54. The minimum Gasteiger partial charge on any atom is -0.468 e. The summed E-state index contributed by atoms with van der Waals surface area (Å²) in [4.78, 5) is 11.8. The smallest absolute Gasteiger partial charge is 0.322 e. The van der Waals surface area contributed by atoms with Gasteiger partial charge in [0.25, 0.3) is 0 Å². The van der Waals surface area contributed by atoms with Gasteiger partial charge in [0.05, 0.1) is 18.8 Å². The third-order valence-electron chi connectivity index (χ3n) is 4.89. The molecule has 0 aromatic heterocycles. The van der Waals surface area contributed by atoms with Crippen molar-refractivity contribution in [2.75, 3.05) is 13.7 Å². The van der Waals surface area contributed by atoms with Gasteiger partial charge in [-0.25, -0.2) is 0 Å². The van der Waals surface area contributed by atoms with Crippen molar-refractivity contribution in [2.45, 2.75) is 83.0 Å². The van der Waals surface area contributed by atoms with Crippen molar-refractivity contribution >= 4 is 5.97 Å². The zero-order chi connectivity index (χ0) is 15.3. The Hall–Kier alpha value is -0.610. The molecule has 2 fully saturated rings. The number of carbonyl (C=O) groups is 1. The molecule has 1 saturated heterocycles. The van der Waals surface area contributed by atoms with Crippen molar-refractivity contribution in [3.8, 4) is 0 Å². The van der Waals surface area contributed by atoms with Crippen LogP contribution in [0.3, 0.4) is 0 Å². The summed E-state index contributed by atoms with van der Waals surface area (Å²) >= 11 is 0. The van der Waals surface area contributed by atoms with Crippen LogP contribution in [0.25, 0.3) is 0 Å². The van der Waals surface area contributed by atoms with E-state index >= 15 is 0 Å². The van der Waals surface area contributed by atoms with Crippen molar-refractivity contribution in [1.82, 2.24) is 5.32 Å². The Labute approximate surface area is 129 Å². The molecule has 0 amide bonds. The zero-order valence-corrected chi connectivity index (χ0v) is 13.8. The first-order valence-electron chi connectivity index (χ1n) is 8.54. The highest BCUT2D eigenvalue weighted by Gasteiger charge is 2.40. The highest BCUT2D eigenvalue weighted by Crippen LogP contribution is 2.41. The van der Waals surface area contributed by atoms with Crippen LogP contribution < -0.4 is 5.32 Å². The van der Waals surface area contributed by atoms with Crippen LogP contribution >= 0.6 is 0 Å². The minimum absolute atomic E-state index is 0.156. The Bertz CT molecular complexity index is 337. The second kappa shape index (κ2) is 7.59. The Morgan fingerprint density at radius 2 is 2.00 bits per heavy atom. The fourth-order valence-corrected chi connectivity index (χ4v) is 3.75. The lowest BCUT2D eigenvalue weighted by molar-refractivity contribution is -0.143. The van der Waals surface area contributed by atoms with Gasteiger partial charge in [-0.05, 0) is 38.0 Å². The molecule has 2 aliphatic rings. The Morgan fingerprint density at radius 3 is 2.62 bits per heavy atom. The second-order valence-corrected chi connectivity index (χ2v) is 7.14. The number of hydrogen-bond donors (Lipinski definition) is 1. The summed E-state index contributed by atoms with van der Waals surface area (Å²) < 4.78 is 11.2. The molecule has 2 unspecified atom stereocenters. The molecule has 1 heterocycles. The first kappa shape index (κ1) is 16.8. The van der Waals surface area contributed by atoms with Crippen LogP contribution in [-0.4, -0.2) is 37.4 Å². The second-order valence-electron chi connectivity index (χ2n) is 7.14. The van der Waals surface area contributed by atoms with Crippen LogP contribution in [0.5, 0.6) is 0 Å². The molecule has 21 heavy (non-hydrogen) atoms. The van der Waals surface area contributed by atoms with Gasteiger partial charge in [0.15, 0.2) is 0 Å². The van der Waals surface area contributed by atoms with E-state index in [0.29, 0.717) is 5.92 Å². The number of hydrogen-bond acceptors (Lipinski definition) is 4. The predicted octanol–water partition coefficient (Wildman–Crippen LogP) is 3.05. The van der Waals surface area contributed by atoms with Crippen LogP contribution in [0, 0.1) is 5.92 Å². The third kappa shape index (κ3) is 4.68. The van der Waals surface area contributed by atoms with E-state index in [0.717, 1.165) is 19.4 Å². The van der Waals surface area contributed by atoms with Gasteiger partial charge < -0.3 is 14.8 Å². The number of esters is 1. The molecule has 1 aliphatic heterocycles. The molecule has 0 bridgehead atoms. The van der Waals surface area contributed by atoms with Gasteiger partial charge in [-0.2, -0.15) is 0 Å². The maximum atomic E-state index is 11.8. The summed E-state index contributed by atoms with van der Waals surface area (Å²) in [6.45, 7) is 5.01. The summed E-state index contributed by atoms with van der Waals surface area (Å²) in [5, 5.41) is 3.37. The molecule has 2 atom stereocenters. The Balaban J connectivity index is 1.80. The monoisotopic (exact) mass is 297 g/mol. The molecule has 2 rings (SSSR count). The number of methoxy groups -OCH3 is 1. The van der Waals surface area contributed by atoms with Crippen LogP contribution in [0.4, 0.5) is 0 Å². The summed E-state index contributed by atoms with van der Waals surface area (Å²) in [6.07, 6.45) is 9.76. The van der Waals surface area contributed by atoms with Gasteiger partial charge in [-0.3, -0.25) is 4.79 Å². The van der Waals surface area contributed by atoms with Gasteiger partial charge in [0.2, 0.25) is 0 Å². The molecule has 1 saturated carbocycles. The largest absolute Gasteiger partial charge is 0.468 e. The summed E-state index contributed by atoms with van der Waals surface area (Å²) in [5.74, 6) is 0.310. The molecule has 4 heteroatoms. The van der Waals surface area contributed by atoms with Crippen molar-refractivity contribution in [2.24, 2.45) is 5.92 Å². The Morgan fingerprint density at radius 1 is 1.29 bits per heavy atom. The molecule has 1 N–H and O–H groups in total. The van der Waals surface area contributed by atoms with Crippen molar-refractivity contribution < 1.29 is 14.3 Å². The van der Waals surface area contributed by atoms with Crippen LogP contribution in [-0.2, 0) is 14.3 Å². The van der Waals surface area contributed by atoms with Crippen LogP contribution in [0.1, 0.15) is 65.2 Å². The zero-order valence-electron chi connectivity index (χ0n) is 13.8. The molecule has 122 valence electrons. The van der Waals surface area contributed by atoms with E-state index in [1.807, 2.05) is 0 Å². The van der Waals surface area contributed by atoms with Crippen molar-refractivity contribution in [3.05, 3.63) is 0 Å². The van der Waals surface area contributed by atoms with E-state index in [-0.39, 0.29) is 23.7 Å². The molecule has 1 spiro atoms. The minimum atomic E-state index is -0.207. The molecule has 0 radical (unpaired) electrons. The summed E-state index contributed by atoms with van der Waals surface area (Å²) in [5.41, 5.74) is 0.156. The molecule has 4 nitrogen and oxygen atoms in total. The molecular weight excluding hydrogens is 266 g/mol. The van der Waals surface area contributed by atoms with E-state index in [9.17, 15) is 4.79 Å². The predicted molar refractivity (Wildman–Crippen MR) is 83.2 cm³/mol. The molecular formula is C17H31NO3. The molecule has 0 aromatic rings. The van der Waals surface area contributed by atoms with Gasteiger partial charge >= 0.3 is 5.97 Å². The first-order chi connectivity index (χ1) is 10.0. The third-order valence-corrected chi connectivity index (χ3v) is 4.89. The number of nitrogens with one attached hydrogen (secondary N) is 1. The maximum absolute atomic E-state index is 11.8. The van der Waals surface area contributed by atoms with Gasteiger partial charge in [-0.15, -0.1) is 0 Å². The Kier molecular flexibility index (Phi) is 6.06. The fourth-order valence-electron chi connectivity index (χ4n) is 3.75. The highest BCUT2D eigenvalue weighted by atomic mass is 16.5. The summed E-state index contributed by atoms with van der Waals surface area (Å²) in [6, 6.07) is -0.207. The number of carbonyl (C=O) groups excluding carboxylic acids is 1. The van der Waals surface area contributed by atoms with Crippen molar-refractivity contribution in [1.29, 1.82) is 0 Å². The maximum Gasteiger partial charge on any atom is 0.322 e. The molecule has 1 aliphatic carbocycles. The lowest BCUT2D eigenvalue weighted by atomic mass is 9.83. The van der Waals surface area contributed by atoms with Gasteiger partial charge in [0.1, 0.15) is 6.04 Å². The standard InChI is InChI=1S/C17H31NO3/c1-13(2)11-15(16(19)20-3)18-12-14-7-10-17(21-14)8-5-4-6-9-17/h13-15,18H,4-12H2,1-3H3. The highest BCUT2D eigenvalue weighted by molar-refractivity contribution is 5.75. The van der Waals surface area contributed by atoms with E-state index < -0.39 is 0 Å². The lowest BCUT2D eigenvalue weighted by Gasteiger charge is -2.33. The quantitative estimate of drug-likeness (QED) is 0.766. The topological polar surface area (TPSA) is 47.6 Å². The van der Waals surface area contributed by atoms with Gasteiger partial charge in [-0.1, -0.05) is 33.1 Å². The lowest BCUT2D eigenvalue weighted by Crippen LogP contribution is -2.43. The van der Waals surface area contributed by atoms with E-state index in [1.54, 1.807) is 0 Å². The average Bonchev–Trinajstić information content (AvgIpc) is 2.85. The molecule has 0 aromatic carbocycles. The van der Waals surface area contributed by atoms with Crippen LogP contribution in [0.15, 0.2) is 0 Å². The normalized spacial score (nSPS) is 26.2. The van der Waals surface area contributed by atoms with Gasteiger partial charge in [0, 0.05) is 6.54 Å². The van der Waals surface area contributed by atoms with E-state index in [1.165, 1.54) is 45.6 Å². The van der Waals surface area contributed by atoms with Crippen LogP contribution in [0.2, 0.25) is 0 Å².